The molecule has 98 valence electrons. The summed E-state index contributed by atoms with van der Waals surface area (Å²) in [6.45, 7) is 2.11. The van der Waals surface area contributed by atoms with Gasteiger partial charge in [-0.3, -0.25) is 0 Å². The van der Waals surface area contributed by atoms with E-state index in [-0.39, 0.29) is 0 Å². The molecule has 0 saturated carbocycles. The van der Waals surface area contributed by atoms with Gasteiger partial charge in [0.1, 0.15) is 0 Å². The van der Waals surface area contributed by atoms with Gasteiger partial charge in [-0.05, 0) is 36.6 Å². The molecule has 3 heteroatoms. The lowest BCUT2D eigenvalue weighted by Gasteiger charge is -2.11. The summed E-state index contributed by atoms with van der Waals surface area (Å²) in [7, 11) is 0. The van der Waals surface area contributed by atoms with Crippen LogP contribution in [0.4, 0.5) is 5.69 Å². The molecular weight excluding hydrogens is 234 g/mol. The molecule has 0 spiro atoms. The Hall–Kier alpha value is -1.84. The van der Waals surface area contributed by atoms with E-state index in [1.54, 1.807) is 0 Å². The van der Waals surface area contributed by atoms with E-state index < -0.39 is 0 Å². The molecule has 1 aliphatic rings. The van der Waals surface area contributed by atoms with Gasteiger partial charge in [0, 0.05) is 17.8 Å². The molecule has 2 aromatic carbocycles. The molecule has 3 rings (SSSR count). The first kappa shape index (κ1) is 12.2. The number of nitrogen functional groups attached to an aromatic ring is 1. The topological polar surface area (TPSA) is 50.1 Å². The Balaban J connectivity index is 1.75. The molecule has 4 N–H and O–H groups in total. The van der Waals surface area contributed by atoms with Gasteiger partial charge in [0.15, 0.2) is 0 Å². The van der Waals surface area contributed by atoms with Crippen LogP contribution in [0.5, 0.6) is 0 Å². The molecule has 1 heterocycles. The Morgan fingerprint density at radius 1 is 0.947 bits per heavy atom. The predicted octanol–water partition coefficient (Wildman–Crippen LogP) is 2.86. The fourth-order valence-corrected chi connectivity index (χ4v) is 2.57. The van der Waals surface area contributed by atoms with Gasteiger partial charge >= 0.3 is 0 Å². The highest BCUT2D eigenvalue weighted by Gasteiger charge is 2.25. The van der Waals surface area contributed by atoms with E-state index in [9.17, 15) is 0 Å². The van der Waals surface area contributed by atoms with E-state index in [1.807, 2.05) is 18.2 Å². The van der Waals surface area contributed by atoms with E-state index in [0.717, 1.165) is 12.1 Å². The quantitative estimate of drug-likeness (QED) is 0.721. The monoisotopic (exact) mass is 253 g/mol. The van der Waals surface area contributed by atoms with Crippen molar-refractivity contribution >= 4 is 5.69 Å². The van der Waals surface area contributed by atoms with Crippen molar-refractivity contribution in [3.05, 3.63) is 65.2 Å². The minimum atomic E-state index is 0.315. The fourth-order valence-electron chi connectivity index (χ4n) is 2.57. The third-order valence-electron chi connectivity index (χ3n) is 3.70. The van der Waals surface area contributed by atoms with E-state index in [2.05, 4.69) is 48.1 Å². The van der Waals surface area contributed by atoms with Crippen molar-refractivity contribution in [2.24, 2.45) is 0 Å². The fraction of sp³-hybridized carbons (Fsp3) is 0.250. The van der Waals surface area contributed by atoms with Crippen LogP contribution >= 0.6 is 0 Å². The first-order valence-electron chi connectivity index (χ1n) is 6.65. The maximum absolute atomic E-state index is 5.84. The van der Waals surface area contributed by atoms with Gasteiger partial charge in [-0.2, -0.15) is 0 Å². The summed E-state index contributed by atoms with van der Waals surface area (Å²) < 4.78 is 0. The van der Waals surface area contributed by atoms with Crippen molar-refractivity contribution in [3.8, 4) is 0 Å². The van der Waals surface area contributed by atoms with Crippen molar-refractivity contribution in [2.75, 3.05) is 5.73 Å². The van der Waals surface area contributed by atoms with Gasteiger partial charge in [-0.25, -0.2) is 10.9 Å². The highest BCUT2D eigenvalue weighted by Crippen LogP contribution is 2.31. The second-order valence-corrected chi connectivity index (χ2v) is 5.21. The number of aryl methyl sites for hydroxylation is 1. The molecule has 0 amide bonds. The Morgan fingerprint density at radius 3 is 2.32 bits per heavy atom. The van der Waals surface area contributed by atoms with Gasteiger partial charge in [0.05, 0.1) is 0 Å². The summed E-state index contributed by atoms with van der Waals surface area (Å²) in [4.78, 5) is 0. The van der Waals surface area contributed by atoms with E-state index >= 15 is 0 Å². The van der Waals surface area contributed by atoms with E-state index in [1.165, 1.54) is 16.7 Å². The molecule has 3 nitrogen and oxygen atoms in total. The number of hydrazine groups is 1. The zero-order chi connectivity index (χ0) is 13.2. The molecule has 0 bridgehead atoms. The predicted molar refractivity (Wildman–Crippen MR) is 78.4 cm³/mol. The van der Waals surface area contributed by atoms with Crippen LogP contribution < -0.4 is 16.6 Å². The number of benzene rings is 2. The highest BCUT2D eigenvalue weighted by atomic mass is 15.4. The lowest BCUT2D eigenvalue weighted by molar-refractivity contribution is 0.555. The molecule has 1 saturated heterocycles. The van der Waals surface area contributed by atoms with E-state index in [0.29, 0.717) is 12.1 Å². The maximum atomic E-state index is 5.84. The van der Waals surface area contributed by atoms with Crippen molar-refractivity contribution in [3.63, 3.8) is 0 Å². The zero-order valence-corrected chi connectivity index (χ0v) is 11.1. The number of hydrogen-bond acceptors (Lipinski definition) is 3. The van der Waals surface area contributed by atoms with Crippen molar-refractivity contribution in [2.45, 2.75) is 25.4 Å². The molecule has 1 fully saturated rings. The lowest BCUT2D eigenvalue weighted by Crippen LogP contribution is -2.26. The van der Waals surface area contributed by atoms with Crippen LogP contribution in [0.25, 0.3) is 0 Å². The average molecular weight is 253 g/mol. The molecule has 2 unspecified atom stereocenters. The first-order chi connectivity index (χ1) is 9.22. The Labute approximate surface area is 113 Å². The number of rotatable bonds is 2. The van der Waals surface area contributed by atoms with Crippen LogP contribution in [-0.2, 0) is 0 Å². The highest BCUT2D eigenvalue weighted by molar-refractivity contribution is 5.42. The molecule has 19 heavy (non-hydrogen) atoms. The SMILES string of the molecule is Cc1ccc(C2CC(c3cccc(N)c3)NN2)cc1. The van der Waals surface area contributed by atoms with Crippen LogP contribution in [0.3, 0.4) is 0 Å². The minimum absolute atomic E-state index is 0.315. The Morgan fingerprint density at radius 2 is 1.63 bits per heavy atom. The van der Waals surface area contributed by atoms with Gasteiger partial charge < -0.3 is 5.73 Å². The zero-order valence-electron chi connectivity index (χ0n) is 11.1. The Kier molecular flexibility index (Phi) is 3.23. The molecule has 2 atom stereocenters. The number of nitrogens with two attached hydrogens (primary N) is 1. The molecule has 0 aromatic heterocycles. The van der Waals surface area contributed by atoms with Crippen LogP contribution in [0.1, 0.15) is 35.2 Å². The number of nitrogens with one attached hydrogen (secondary N) is 2. The first-order valence-corrected chi connectivity index (χ1v) is 6.65. The second kappa shape index (κ2) is 5.03. The summed E-state index contributed by atoms with van der Waals surface area (Å²) >= 11 is 0. The maximum Gasteiger partial charge on any atom is 0.0482 e. The van der Waals surface area contributed by atoms with E-state index in [4.69, 9.17) is 5.73 Å². The molecular formula is C16H19N3. The van der Waals surface area contributed by atoms with Crippen LogP contribution in [0, 0.1) is 6.92 Å². The molecule has 0 radical (unpaired) electrons. The largest absolute Gasteiger partial charge is 0.399 e. The molecule has 1 aliphatic heterocycles. The van der Waals surface area contributed by atoms with Crippen molar-refractivity contribution in [1.82, 2.24) is 10.9 Å². The average Bonchev–Trinajstić information content (AvgIpc) is 2.89. The summed E-state index contributed by atoms with van der Waals surface area (Å²) in [5.41, 5.74) is 17.2. The number of anilines is 1. The summed E-state index contributed by atoms with van der Waals surface area (Å²) in [5, 5.41) is 0. The van der Waals surface area contributed by atoms with Crippen LogP contribution in [-0.4, -0.2) is 0 Å². The molecule has 2 aromatic rings. The summed E-state index contributed by atoms with van der Waals surface area (Å²) in [6, 6.07) is 17.4. The van der Waals surface area contributed by atoms with Gasteiger partial charge in [0.2, 0.25) is 0 Å². The van der Waals surface area contributed by atoms with Crippen LogP contribution in [0.2, 0.25) is 0 Å². The minimum Gasteiger partial charge on any atom is -0.399 e. The van der Waals surface area contributed by atoms with Gasteiger partial charge in [0.25, 0.3) is 0 Å². The smallest absolute Gasteiger partial charge is 0.0482 e. The molecule has 0 aliphatic carbocycles. The number of hydrogen-bond donors (Lipinski definition) is 3. The van der Waals surface area contributed by atoms with Gasteiger partial charge in [-0.1, -0.05) is 42.0 Å². The third-order valence-corrected chi connectivity index (χ3v) is 3.70. The lowest BCUT2D eigenvalue weighted by atomic mass is 9.97. The second-order valence-electron chi connectivity index (χ2n) is 5.21. The standard InChI is InChI=1S/C16H19N3/c1-11-5-7-12(8-6-11)15-10-16(19-18-15)13-3-2-4-14(17)9-13/h2-9,15-16,18-19H,10,17H2,1H3. The third kappa shape index (κ3) is 2.62. The van der Waals surface area contributed by atoms with Gasteiger partial charge in [-0.15, -0.1) is 0 Å². The van der Waals surface area contributed by atoms with Crippen LogP contribution in [0.15, 0.2) is 48.5 Å². The summed E-state index contributed by atoms with van der Waals surface area (Å²) in [5.74, 6) is 0. The van der Waals surface area contributed by atoms with Crippen molar-refractivity contribution < 1.29 is 0 Å². The Bertz CT molecular complexity index is 562. The van der Waals surface area contributed by atoms with Crippen molar-refractivity contribution in [1.29, 1.82) is 0 Å². The summed E-state index contributed by atoms with van der Waals surface area (Å²) in [6.07, 6.45) is 1.03. The normalized spacial score (nSPS) is 22.6.